The number of aromatic nitrogens is 4. The smallest absolute Gasteiger partial charge is 0.321 e. The number of nitrogens with one attached hydrogen (secondary N) is 2. The number of alkyl halides is 1. The van der Waals surface area contributed by atoms with Crippen molar-refractivity contribution in [2.45, 2.75) is 6.42 Å². The SMILES string of the molecule is O=c1ccc(Nc2nnc(CCCl)o2)n[nH]1. The number of aromatic amines is 1. The highest BCUT2D eigenvalue weighted by Crippen LogP contribution is 2.11. The van der Waals surface area contributed by atoms with E-state index in [-0.39, 0.29) is 11.6 Å². The van der Waals surface area contributed by atoms with Crippen LogP contribution in [0.5, 0.6) is 0 Å². The second-order valence-corrected chi connectivity index (χ2v) is 3.25. The van der Waals surface area contributed by atoms with E-state index in [1.807, 2.05) is 0 Å². The molecule has 2 aromatic rings. The second kappa shape index (κ2) is 4.75. The number of halogens is 1. The molecule has 0 spiro atoms. The van der Waals surface area contributed by atoms with Crippen molar-refractivity contribution in [3.05, 3.63) is 28.4 Å². The van der Waals surface area contributed by atoms with Crippen molar-refractivity contribution in [2.24, 2.45) is 0 Å². The molecule has 0 aliphatic rings. The van der Waals surface area contributed by atoms with Crippen molar-refractivity contribution in [3.63, 3.8) is 0 Å². The average Bonchev–Trinajstić information content (AvgIpc) is 2.70. The van der Waals surface area contributed by atoms with Crippen LogP contribution in [0.2, 0.25) is 0 Å². The molecule has 2 aromatic heterocycles. The normalized spacial score (nSPS) is 10.3. The lowest BCUT2D eigenvalue weighted by molar-refractivity contribution is 0.516. The Morgan fingerprint density at radius 1 is 1.44 bits per heavy atom. The summed E-state index contributed by atoms with van der Waals surface area (Å²) in [7, 11) is 0. The fourth-order valence-electron chi connectivity index (χ4n) is 1.01. The molecular formula is C8H8ClN5O2. The van der Waals surface area contributed by atoms with Gasteiger partial charge in [0.25, 0.3) is 5.56 Å². The summed E-state index contributed by atoms with van der Waals surface area (Å²) in [6, 6.07) is 3.05. The number of anilines is 2. The van der Waals surface area contributed by atoms with Gasteiger partial charge in [0.1, 0.15) is 0 Å². The predicted octanol–water partition coefficient (Wildman–Crippen LogP) is 0.678. The second-order valence-electron chi connectivity index (χ2n) is 2.87. The first-order valence-corrected chi connectivity index (χ1v) is 5.02. The molecule has 2 rings (SSSR count). The van der Waals surface area contributed by atoms with E-state index in [0.29, 0.717) is 24.0 Å². The maximum atomic E-state index is 10.8. The van der Waals surface area contributed by atoms with Gasteiger partial charge in [-0.2, -0.15) is 5.10 Å². The van der Waals surface area contributed by atoms with E-state index in [4.69, 9.17) is 16.0 Å². The van der Waals surface area contributed by atoms with Crippen molar-refractivity contribution in [2.75, 3.05) is 11.2 Å². The summed E-state index contributed by atoms with van der Waals surface area (Å²) in [4.78, 5) is 10.8. The van der Waals surface area contributed by atoms with Crippen LogP contribution < -0.4 is 10.9 Å². The van der Waals surface area contributed by atoms with Crippen LogP contribution in [-0.4, -0.2) is 26.3 Å². The van der Waals surface area contributed by atoms with Crippen molar-refractivity contribution in [1.29, 1.82) is 0 Å². The van der Waals surface area contributed by atoms with Crippen LogP contribution in [0.4, 0.5) is 11.8 Å². The molecule has 0 aliphatic carbocycles. The third-order valence-corrected chi connectivity index (χ3v) is 1.88. The quantitative estimate of drug-likeness (QED) is 0.764. The first-order chi connectivity index (χ1) is 7.78. The predicted molar refractivity (Wildman–Crippen MR) is 56.9 cm³/mol. The van der Waals surface area contributed by atoms with Gasteiger partial charge >= 0.3 is 6.01 Å². The van der Waals surface area contributed by atoms with Gasteiger partial charge in [-0.15, -0.1) is 16.7 Å². The number of aryl methyl sites for hydroxylation is 1. The molecule has 0 atom stereocenters. The fourth-order valence-corrected chi connectivity index (χ4v) is 1.17. The van der Waals surface area contributed by atoms with Crippen LogP contribution >= 0.6 is 11.6 Å². The Kier molecular flexibility index (Phi) is 3.16. The van der Waals surface area contributed by atoms with E-state index in [0.717, 1.165) is 0 Å². The highest BCUT2D eigenvalue weighted by Gasteiger charge is 2.05. The first kappa shape index (κ1) is 10.6. The van der Waals surface area contributed by atoms with E-state index in [9.17, 15) is 4.79 Å². The number of H-pyrrole nitrogens is 1. The highest BCUT2D eigenvalue weighted by atomic mass is 35.5. The van der Waals surface area contributed by atoms with Gasteiger partial charge < -0.3 is 4.42 Å². The van der Waals surface area contributed by atoms with E-state index in [1.54, 1.807) is 0 Å². The molecule has 0 saturated heterocycles. The van der Waals surface area contributed by atoms with E-state index in [1.165, 1.54) is 12.1 Å². The molecule has 2 N–H and O–H groups in total. The summed E-state index contributed by atoms with van der Waals surface area (Å²) >= 11 is 5.52. The molecule has 0 bridgehead atoms. The average molecular weight is 242 g/mol. The number of hydrogen-bond donors (Lipinski definition) is 2. The molecule has 0 unspecified atom stereocenters. The third-order valence-electron chi connectivity index (χ3n) is 1.69. The summed E-state index contributed by atoms with van der Waals surface area (Å²) in [5.74, 6) is 1.28. The molecule has 8 heteroatoms. The Hall–Kier alpha value is -1.89. The lowest BCUT2D eigenvalue weighted by atomic mass is 10.5. The number of rotatable bonds is 4. The molecule has 7 nitrogen and oxygen atoms in total. The minimum absolute atomic E-state index is 0.208. The lowest BCUT2D eigenvalue weighted by Crippen LogP contribution is -2.07. The van der Waals surface area contributed by atoms with Gasteiger partial charge in [-0.3, -0.25) is 10.1 Å². The van der Waals surface area contributed by atoms with Crippen molar-refractivity contribution in [1.82, 2.24) is 20.4 Å². The van der Waals surface area contributed by atoms with E-state index in [2.05, 4.69) is 25.7 Å². The minimum Gasteiger partial charge on any atom is -0.408 e. The van der Waals surface area contributed by atoms with Gasteiger partial charge in [0, 0.05) is 18.4 Å². The standard InChI is InChI=1S/C8H8ClN5O2/c9-4-3-7-13-14-8(16-7)10-5-1-2-6(15)12-11-5/h1-2H,3-4H2,(H,12,15)(H,10,11,14). The molecule has 0 amide bonds. The van der Waals surface area contributed by atoms with Crippen molar-refractivity contribution < 1.29 is 4.42 Å². The monoisotopic (exact) mass is 241 g/mol. The molecule has 0 aromatic carbocycles. The maximum Gasteiger partial charge on any atom is 0.321 e. The Morgan fingerprint density at radius 2 is 2.31 bits per heavy atom. The first-order valence-electron chi connectivity index (χ1n) is 4.49. The summed E-state index contributed by atoms with van der Waals surface area (Å²) < 4.78 is 5.21. The van der Waals surface area contributed by atoms with Gasteiger partial charge in [-0.05, 0) is 6.07 Å². The zero-order valence-corrected chi connectivity index (χ0v) is 8.86. The van der Waals surface area contributed by atoms with Gasteiger partial charge in [0.05, 0.1) is 0 Å². The maximum absolute atomic E-state index is 10.8. The Labute approximate surface area is 94.8 Å². The summed E-state index contributed by atoms with van der Waals surface area (Å²) in [5, 5.41) is 16.2. The Balaban J connectivity index is 2.08. The van der Waals surface area contributed by atoms with Crippen LogP contribution in [0.3, 0.4) is 0 Å². The van der Waals surface area contributed by atoms with E-state index >= 15 is 0 Å². The molecular weight excluding hydrogens is 234 g/mol. The van der Waals surface area contributed by atoms with Crippen LogP contribution in [0, 0.1) is 0 Å². The van der Waals surface area contributed by atoms with Crippen molar-refractivity contribution in [3.8, 4) is 0 Å². The lowest BCUT2D eigenvalue weighted by Gasteiger charge is -1.96. The minimum atomic E-state index is -0.279. The molecule has 0 saturated carbocycles. The molecule has 0 aliphatic heterocycles. The molecule has 84 valence electrons. The van der Waals surface area contributed by atoms with Crippen molar-refractivity contribution >= 4 is 23.4 Å². The molecule has 16 heavy (non-hydrogen) atoms. The van der Waals surface area contributed by atoms with Gasteiger partial charge in [-0.1, -0.05) is 5.10 Å². The number of nitrogens with zero attached hydrogens (tertiary/aromatic N) is 3. The van der Waals surface area contributed by atoms with E-state index < -0.39 is 0 Å². The molecule has 0 radical (unpaired) electrons. The number of hydrogen-bond acceptors (Lipinski definition) is 6. The van der Waals surface area contributed by atoms with Gasteiger partial charge in [-0.25, -0.2) is 5.10 Å². The Morgan fingerprint density at radius 3 is 3.00 bits per heavy atom. The van der Waals surface area contributed by atoms with Crippen LogP contribution in [0.1, 0.15) is 5.89 Å². The summed E-state index contributed by atoms with van der Waals surface area (Å²) in [5.41, 5.74) is -0.279. The zero-order chi connectivity index (χ0) is 11.4. The summed E-state index contributed by atoms with van der Waals surface area (Å²) in [6.07, 6.45) is 0.509. The van der Waals surface area contributed by atoms with Gasteiger partial charge in [0.15, 0.2) is 5.82 Å². The summed E-state index contributed by atoms with van der Waals surface area (Å²) in [6.45, 7) is 0. The Bertz CT molecular complexity index is 503. The van der Waals surface area contributed by atoms with Crippen LogP contribution in [0.25, 0.3) is 0 Å². The van der Waals surface area contributed by atoms with Gasteiger partial charge in [0.2, 0.25) is 5.89 Å². The zero-order valence-electron chi connectivity index (χ0n) is 8.11. The third kappa shape index (κ3) is 2.57. The fraction of sp³-hybridized carbons (Fsp3) is 0.250. The largest absolute Gasteiger partial charge is 0.408 e. The van der Waals surface area contributed by atoms with Crippen LogP contribution in [0.15, 0.2) is 21.3 Å². The molecule has 0 fully saturated rings. The molecule has 2 heterocycles. The topological polar surface area (TPSA) is 96.7 Å². The van der Waals surface area contributed by atoms with Crippen LogP contribution in [-0.2, 0) is 6.42 Å². The highest BCUT2D eigenvalue weighted by molar-refractivity contribution is 6.17.